The van der Waals surface area contributed by atoms with Crippen LogP contribution in [0.3, 0.4) is 0 Å². The molecule has 4 nitrogen and oxygen atoms in total. The molecule has 1 aliphatic rings. The number of Topliss-reactive ketones (excluding diaryl/α,β-unsaturated/α-hetero) is 1. The lowest BCUT2D eigenvalue weighted by atomic mass is 9.75. The lowest BCUT2D eigenvalue weighted by Crippen LogP contribution is -2.30. The average Bonchev–Trinajstić information content (AvgIpc) is 3.12. The van der Waals surface area contributed by atoms with E-state index >= 15 is 0 Å². The van der Waals surface area contributed by atoms with Gasteiger partial charge >= 0.3 is 0 Å². The molecule has 144 valence electrons. The fourth-order valence-electron chi connectivity index (χ4n) is 4.12. The second-order valence-electron chi connectivity index (χ2n) is 8.40. The van der Waals surface area contributed by atoms with E-state index in [4.69, 9.17) is 21.7 Å². The number of fused-ring (bicyclic) bond motifs is 3. The standard InChI is InChI=1S/C24H20ClN3O/c1-24(2)13-19-22(20(29)14-24)23(16-6-4-3-5-7-16)26-21-12-18(27-28(19)21)15-8-10-17(25)11-9-15/h3-12H,13-14H2,1-2H3. The molecule has 0 atom stereocenters. The lowest BCUT2D eigenvalue weighted by molar-refractivity contribution is 0.0909. The van der Waals surface area contributed by atoms with E-state index in [1.54, 1.807) is 0 Å². The molecular weight excluding hydrogens is 382 g/mol. The summed E-state index contributed by atoms with van der Waals surface area (Å²) < 4.78 is 1.85. The Bertz CT molecular complexity index is 1240. The zero-order valence-corrected chi connectivity index (χ0v) is 17.1. The Balaban J connectivity index is 1.79. The highest BCUT2D eigenvalue weighted by molar-refractivity contribution is 6.30. The maximum absolute atomic E-state index is 13.2. The van der Waals surface area contributed by atoms with E-state index in [0.717, 1.165) is 40.3 Å². The first-order valence-corrected chi connectivity index (χ1v) is 10.1. The predicted molar refractivity (Wildman–Crippen MR) is 115 cm³/mol. The molecule has 0 bridgehead atoms. The molecule has 0 N–H and O–H groups in total. The molecule has 0 unspecified atom stereocenters. The van der Waals surface area contributed by atoms with Crippen LogP contribution in [0.4, 0.5) is 0 Å². The van der Waals surface area contributed by atoms with Gasteiger partial charge in [-0.25, -0.2) is 9.50 Å². The van der Waals surface area contributed by atoms with Crippen molar-refractivity contribution in [2.45, 2.75) is 26.7 Å². The molecule has 4 aromatic rings. The molecular formula is C24H20ClN3O. The van der Waals surface area contributed by atoms with Crippen LogP contribution in [0.5, 0.6) is 0 Å². The molecule has 0 saturated heterocycles. The normalized spacial score (nSPS) is 15.5. The predicted octanol–water partition coefficient (Wildman–Crippen LogP) is 5.87. The first kappa shape index (κ1) is 18.1. The minimum absolute atomic E-state index is 0.112. The minimum atomic E-state index is -0.112. The molecule has 0 radical (unpaired) electrons. The van der Waals surface area contributed by atoms with Crippen molar-refractivity contribution in [1.82, 2.24) is 14.6 Å². The van der Waals surface area contributed by atoms with Crippen LogP contribution in [-0.4, -0.2) is 20.4 Å². The largest absolute Gasteiger partial charge is 0.294 e. The van der Waals surface area contributed by atoms with Crippen molar-refractivity contribution >= 4 is 23.0 Å². The van der Waals surface area contributed by atoms with E-state index in [1.807, 2.05) is 65.2 Å². The van der Waals surface area contributed by atoms with Gasteiger partial charge in [0.15, 0.2) is 11.4 Å². The zero-order chi connectivity index (χ0) is 20.2. The SMILES string of the molecule is CC1(C)CC(=O)c2c(-c3ccccc3)nc3cc(-c4ccc(Cl)cc4)nn3c2C1. The van der Waals surface area contributed by atoms with Gasteiger partial charge in [0.25, 0.3) is 0 Å². The van der Waals surface area contributed by atoms with E-state index in [-0.39, 0.29) is 11.2 Å². The Morgan fingerprint density at radius 1 is 0.966 bits per heavy atom. The van der Waals surface area contributed by atoms with Gasteiger partial charge in [-0.15, -0.1) is 0 Å². The highest BCUT2D eigenvalue weighted by Gasteiger charge is 2.35. The quantitative estimate of drug-likeness (QED) is 0.422. The molecule has 0 saturated carbocycles. The highest BCUT2D eigenvalue weighted by Crippen LogP contribution is 2.39. The lowest BCUT2D eigenvalue weighted by Gasteiger charge is -2.31. The van der Waals surface area contributed by atoms with Crippen molar-refractivity contribution in [1.29, 1.82) is 0 Å². The molecule has 0 amide bonds. The Kier molecular flexibility index (Phi) is 4.07. The highest BCUT2D eigenvalue weighted by atomic mass is 35.5. The molecule has 2 heterocycles. The third-order valence-corrected chi connectivity index (χ3v) is 5.70. The van der Waals surface area contributed by atoms with Crippen LogP contribution in [0.2, 0.25) is 5.02 Å². The number of nitrogens with zero attached hydrogens (tertiary/aromatic N) is 3. The van der Waals surface area contributed by atoms with Gasteiger partial charge in [0.05, 0.1) is 22.6 Å². The van der Waals surface area contributed by atoms with Crippen LogP contribution < -0.4 is 0 Å². The molecule has 0 fully saturated rings. The monoisotopic (exact) mass is 401 g/mol. The Labute approximate surface area is 174 Å². The summed E-state index contributed by atoms with van der Waals surface area (Å²) in [5, 5.41) is 5.51. The number of carbonyl (C=O) groups excluding carboxylic acids is 1. The van der Waals surface area contributed by atoms with Gasteiger partial charge in [-0.05, 0) is 24.0 Å². The zero-order valence-electron chi connectivity index (χ0n) is 16.3. The smallest absolute Gasteiger partial charge is 0.167 e. The summed E-state index contributed by atoms with van der Waals surface area (Å²) in [7, 11) is 0. The molecule has 1 aliphatic carbocycles. The third-order valence-electron chi connectivity index (χ3n) is 5.45. The van der Waals surface area contributed by atoms with E-state index in [1.165, 1.54) is 0 Å². The molecule has 2 aromatic carbocycles. The number of ketones is 1. The van der Waals surface area contributed by atoms with Crippen molar-refractivity contribution in [2.75, 3.05) is 0 Å². The van der Waals surface area contributed by atoms with Gasteiger partial charge in [-0.2, -0.15) is 5.10 Å². The molecule has 29 heavy (non-hydrogen) atoms. The summed E-state index contributed by atoms with van der Waals surface area (Å²) in [6.45, 7) is 4.26. The second kappa shape index (κ2) is 6.53. The maximum Gasteiger partial charge on any atom is 0.167 e. The molecule has 5 heteroatoms. The summed E-state index contributed by atoms with van der Waals surface area (Å²) in [4.78, 5) is 18.0. The summed E-state index contributed by atoms with van der Waals surface area (Å²) >= 11 is 6.03. The molecule has 0 aliphatic heterocycles. The maximum atomic E-state index is 13.2. The van der Waals surface area contributed by atoms with Crippen LogP contribution in [-0.2, 0) is 6.42 Å². The Morgan fingerprint density at radius 2 is 1.69 bits per heavy atom. The first-order valence-electron chi connectivity index (χ1n) is 9.68. The van der Waals surface area contributed by atoms with E-state index < -0.39 is 0 Å². The van der Waals surface area contributed by atoms with Gasteiger partial charge in [0.1, 0.15) is 0 Å². The number of halogens is 1. The van der Waals surface area contributed by atoms with Gasteiger partial charge in [-0.3, -0.25) is 4.79 Å². The third kappa shape index (κ3) is 3.14. The molecule has 5 rings (SSSR count). The number of hydrogen-bond donors (Lipinski definition) is 0. The Morgan fingerprint density at radius 3 is 2.41 bits per heavy atom. The van der Waals surface area contributed by atoms with Crippen molar-refractivity contribution in [3.05, 3.63) is 76.9 Å². The number of benzene rings is 2. The van der Waals surface area contributed by atoms with E-state index in [2.05, 4.69) is 13.8 Å². The number of aromatic nitrogens is 3. The molecule has 2 aromatic heterocycles. The van der Waals surface area contributed by atoms with Crippen LogP contribution in [0.25, 0.3) is 28.2 Å². The van der Waals surface area contributed by atoms with Crippen molar-refractivity contribution < 1.29 is 4.79 Å². The van der Waals surface area contributed by atoms with Crippen LogP contribution in [0, 0.1) is 5.41 Å². The number of rotatable bonds is 2. The van der Waals surface area contributed by atoms with Crippen molar-refractivity contribution in [3.63, 3.8) is 0 Å². The second-order valence-corrected chi connectivity index (χ2v) is 8.83. The number of carbonyl (C=O) groups is 1. The van der Waals surface area contributed by atoms with Crippen molar-refractivity contribution in [3.8, 4) is 22.5 Å². The van der Waals surface area contributed by atoms with Gasteiger partial charge in [-0.1, -0.05) is 67.9 Å². The summed E-state index contributed by atoms with van der Waals surface area (Å²) in [5.41, 5.74) is 5.76. The van der Waals surface area contributed by atoms with Crippen LogP contribution in [0.15, 0.2) is 60.7 Å². The fourth-order valence-corrected chi connectivity index (χ4v) is 4.25. The van der Waals surface area contributed by atoms with Gasteiger partial charge in [0, 0.05) is 28.6 Å². The van der Waals surface area contributed by atoms with Crippen LogP contribution in [0.1, 0.15) is 36.3 Å². The fraction of sp³-hybridized carbons (Fsp3) is 0.208. The first-order chi connectivity index (χ1) is 13.9. The Hall–Kier alpha value is -2.98. The van der Waals surface area contributed by atoms with Gasteiger partial charge < -0.3 is 0 Å². The number of hydrogen-bond acceptors (Lipinski definition) is 3. The minimum Gasteiger partial charge on any atom is -0.294 e. The molecule has 0 spiro atoms. The summed E-state index contributed by atoms with van der Waals surface area (Å²) in [6.07, 6.45) is 1.28. The van der Waals surface area contributed by atoms with E-state index in [9.17, 15) is 4.79 Å². The van der Waals surface area contributed by atoms with E-state index in [0.29, 0.717) is 17.0 Å². The van der Waals surface area contributed by atoms with Crippen LogP contribution >= 0.6 is 11.6 Å². The summed E-state index contributed by atoms with van der Waals surface area (Å²) in [6, 6.07) is 19.5. The van der Waals surface area contributed by atoms with Gasteiger partial charge in [0.2, 0.25) is 0 Å². The topological polar surface area (TPSA) is 47.3 Å². The van der Waals surface area contributed by atoms with Crippen molar-refractivity contribution in [2.24, 2.45) is 5.41 Å². The average molecular weight is 402 g/mol. The summed E-state index contributed by atoms with van der Waals surface area (Å²) in [5.74, 6) is 0.132.